The predicted molar refractivity (Wildman–Crippen MR) is 152 cm³/mol. The van der Waals surface area contributed by atoms with Crippen molar-refractivity contribution in [2.45, 2.75) is 64.6 Å². The molecule has 0 aromatic carbocycles. The molecule has 41 heavy (non-hydrogen) atoms. The molecule has 0 radical (unpaired) electrons. The van der Waals surface area contributed by atoms with Crippen LogP contribution < -0.4 is 11.1 Å². The number of fused-ring (bicyclic) bond motifs is 2. The van der Waals surface area contributed by atoms with E-state index in [1.807, 2.05) is 19.9 Å². The minimum atomic E-state index is -0.972. The maximum atomic E-state index is 13.4. The zero-order chi connectivity index (χ0) is 30.9. The van der Waals surface area contributed by atoms with E-state index in [-0.39, 0.29) is 28.7 Å². The molecule has 11 heteroatoms. The molecular weight excluding hydrogens is 532 g/mol. The van der Waals surface area contributed by atoms with Crippen molar-refractivity contribution >= 4 is 23.6 Å². The zero-order valence-corrected chi connectivity index (χ0v) is 25.0. The van der Waals surface area contributed by atoms with Crippen molar-refractivity contribution in [1.29, 1.82) is 0 Å². The number of nitrogens with two attached hydrogens (primary N) is 1. The average molecular weight is 575 g/mol. The Bertz CT molecular complexity index is 1150. The summed E-state index contributed by atoms with van der Waals surface area (Å²) < 4.78 is 28.4. The molecule has 0 fully saturated rings. The zero-order valence-electron chi connectivity index (χ0n) is 25.0. The number of ketones is 2. The van der Waals surface area contributed by atoms with Gasteiger partial charge < -0.3 is 34.7 Å². The van der Waals surface area contributed by atoms with Gasteiger partial charge in [0.15, 0.2) is 11.9 Å². The molecule has 7 atom stereocenters. The van der Waals surface area contributed by atoms with E-state index in [2.05, 4.69) is 5.32 Å². The summed E-state index contributed by atoms with van der Waals surface area (Å²) in [4.78, 5) is 50.6. The van der Waals surface area contributed by atoms with Crippen LogP contribution in [0.15, 0.2) is 58.9 Å². The number of nitrogens with one attached hydrogen (secondary N) is 1. The Labute approximate surface area is 241 Å². The van der Waals surface area contributed by atoms with E-state index in [0.29, 0.717) is 12.0 Å². The van der Waals surface area contributed by atoms with Crippen molar-refractivity contribution in [2.75, 3.05) is 28.4 Å². The van der Waals surface area contributed by atoms with Crippen LogP contribution in [0.25, 0.3) is 0 Å². The van der Waals surface area contributed by atoms with Gasteiger partial charge in [0, 0.05) is 51.6 Å². The summed E-state index contributed by atoms with van der Waals surface area (Å²) in [6.45, 7) is 7.17. The lowest BCUT2D eigenvalue weighted by molar-refractivity contribution is -0.120. The van der Waals surface area contributed by atoms with E-state index in [0.717, 1.165) is 6.08 Å². The Kier molecular flexibility index (Phi) is 12.8. The van der Waals surface area contributed by atoms with E-state index >= 15 is 0 Å². The van der Waals surface area contributed by atoms with E-state index in [1.54, 1.807) is 40.2 Å². The van der Waals surface area contributed by atoms with Crippen LogP contribution in [-0.4, -0.2) is 82.5 Å². The van der Waals surface area contributed by atoms with Crippen molar-refractivity contribution in [2.24, 2.45) is 17.6 Å². The third kappa shape index (κ3) is 8.80. The van der Waals surface area contributed by atoms with Crippen molar-refractivity contribution in [1.82, 2.24) is 5.32 Å². The maximum absolute atomic E-state index is 13.4. The van der Waals surface area contributed by atoms with Gasteiger partial charge >= 0.3 is 6.09 Å². The highest BCUT2D eigenvalue weighted by Crippen LogP contribution is 2.30. The third-order valence-corrected chi connectivity index (χ3v) is 7.27. The number of carbonyl (C=O) groups excluding carboxylic acids is 4. The molecule has 2 bridgehead atoms. The van der Waals surface area contributed by atoms with Crippen LogP contribution in [-0.2, 0) is 38.1 Å². The quantitative estimate of drug-likeness (QED) is 0.373. The lowest BCUT2D eigenvalue weighted by atomic mass is 9.84. The summed E-state index contributed by atoms with van der Waals surface area (Å²) >= 11 is 0. The normalized spacial score (nSPS) is 33.9. The molecule has 0 saturated carbocycles. The first kappa shape index (κ1) is 33.8. The molecule has 1 aliphatic carbocycles. The number of ether oxygens (including phenoxy) is 5. The Morgan fingerprint density at radius 2 is 1.63 bits per heavy atom. The second-order valence-electron chi connectivity index (χ2n) is 10.2. The summed E-state index contributed by atoms with van der Waals surface area (Å²) in [6, 6.07) is 0. The largest absolute Gasteiger partial charge is 0.439 e. The van der Waals surface area contributed by atoms with Crippen LogP contribution in [0, 0.1) is 11.8 Å². The molecule has 0 aromatic heterocycles. The molecule has 3 N–H and O–H groups in total. The highest BCUT2D eigenvalue weighted by atomic mass is 16.6. The number of methoxy groups -OCH3 is 4. The monoisotopic (exact) mass is 574 g/mol. The molecule has 11 nitrogen and oxygen atoms in total. The number of hydrogen-bond acceptors (Lipinski definition) is 9. The Balaban J connectivity index is 2.66. The fourth-order valence-electron chi connectivity index (χ4n) is 5.21. The first-order chi connectivity index (χ1) is 19.4. The van der Waals surface area contributed by atoms with Crippen LogP contribution in [0.2, 0.25) is 0 Å². The minimum Gasteiger partial charge on any atom is -0.439 e. The van der Waals surface area contributed by atoms with E-state index < -0.39 is 54.1 Å². The van der Waals surface area contributed by atoms with Gasteiger partial charge in [-0.1, -0.05) is 38.2 Å². The number of allylic oxidation sites excluding steroid dienone is 5. The van der Waals surface area contributed by atoms with Gasteiger partial charge in [0.25, 0.3) is 5.91 Å². The molecule has 0 aromatic rings. The summed E-state index contributed by atoms with van der Waals surface area (Å²) in [6.07, 6.45) is 5.11. The van der Waals surface area contributed by atoms with Gasteiger partial charge in [0.2, 0.25) is 5.78 Å². The number of primary amides is 1. The Hall–Kier alpha value is -3.38. The summed E-state index contributed by atoms with van der Waals surface area (Å²) in [5.74, 6) is -2.04. The Morgan fingerprint density at radius 1 is 0.951 bits per heavy atom. The third-order valence-electron chi connectivity index (χ3n) is 7.27. The van der Waals surface area contributed by atoms with Crippen LogP contribution >= 0.6 is 0 Å². The van der Waals surface area contributed by atoms with E-state index in [1.165, 1.54) is 26.4 Å². The smallest absolute Gasteiger partial charge is 0.405 e. The first-order valence-electron chi connectivity index (χ1n) is 13.3. The summed E-state index contributed by atoms with van der Waals surface area (Å²) in [5.41, 5.74) is 6.29. The van der Waals surface area contributed by atoms with Crippen LogP contribution in [0.3, 0.4) is 0 Å². The van der Waals surface area contributed by atoms with Crippen molar-refractivity contribution in [3.05, 3.63) is 58.9 Å². The molecule has 0 saturated heterocycles. The lowest BCUT2D eigenvalue weighted by Gasteiger charge is -2.34. The van der Waals surface area contributed by atoms with Crippen LogP contribution in [0.5, 0.6) is 0 Å². The SMILES string of the molecule is CO[C@H]1[C@@H](OC)C[C@H](C)[C@@H](OC)C2=CC(=O)C=C(NC(=O)/C(C)=C\C=C\[C@H](OC)[C@@H](OC(N)=O)/C(C)=C/[C@@H]1C)C2=O. The topological polar surface area (TPSA) is 152 Å². The molecule has 2 amide bonds. The highest BCUT2D eigenvalue weighted by molar-refractivity contribution is 6.22. The van der Waals surface area contributed by atoms with Crippen LogP contribution in [0.1, 0.15) is 34.1 Å². The van der Waals surface area contributed by atoms with Crippen molar-refractivity contribution in [3.8, 4) is 0 Å². The molecule has 1 aliphatic heterocycles. The maximum Gasteiger partial charge on any atom is 0.405 e. The molecule has 2 rings (SSSR count). The number of Topliss-reactive ketones (excluding diaryl/α,β-unsaturated/α-hetero) is 1. The van der Waals surface area contributed by atoms with Gasteiger partial charge in [-0.15, -0.1) is 0 Å². The van der Waals surface area contributed by atoms with Gasteiger partial charge in [-0.05, 0) is 37.8 Å². The van der Waals surface area contributed by atoms with Gasteiger partial charge in [-0.3, -0.25) is 14.4 Å². The molecule has 1 heterocycles. The highest BCUT2D eigenvalue weighted by Gasteiger charge is 2.36. The van der Waals surface area contributed by atoms with Gasteiger partial charge in [0.05, 0.1) is 24.0 Å². The standard InChI is InChI=1S/C30H42N2O9/c1-16-10-9-11-23(37-5)28(41-30(31)36)18(3)12-17(2)27(40-8)24(38-6)13-19(4)26(39-7)21-14-20(33)15-22(25(21)34)32-29(16)35/h9-12,14-15,17,19,23-24,26-28H,13H2,1-8H3,(H2,31,36)(H,32,35)/b11-9+,16-10-,18-12+/t17-,19-,23-,24-,26+,27+,28-/m0/s1. The van der Waals surface area contributed by atoms with Gasteiger partial charge in [-0.25, -0.2) is 4.79 Å². The second kappa shape index (κ2) is 15.6. The van der Waals surface area contributed by atoms with Gasteiger partial charge in [0.1, 0.15) is 6.10 Å². The summed E-state index contributed by atoms with van der Waals surface area (Å²) in [5, 5.41) is 2.54. The fraction of sp³-hybridized carbons (Fsp3) is 0.533. The average Bonchev–Trinajstić information content (AvgIpc) is 2.91. The summed E-state index contributed by atoms with van der Waals surface area (Å²) in [7, 11) is 6.05. The first-order valence-corrected chi connectivity index (χ1v) is 13.3. The van der Waals surface area contributed by atoms with Crippen molar-refractivity contribution < 1.29 is 42.9 Å². The number of rotatable bonds is 5. The molecule has 226 valence electrons. The molecular formula is C30H42N2O9. The number of amides is 2. The molecule has 0 spiro atoms. The van der Waals surface area contributed by atoms with E-state index in [9.17, 15) is 19.2 Å². The number of carbonyl (C=O) groups is 4. The van der Waals surface area contributed by atoms with Crippen LogP contribution in [0.4, 0.5) is 4.79 Å². The number of hydrogen-bond donors (Lipinski definition) is 2. The van der Waals surface area contributed by atoms with Crippen molar-refractivity contribution in [3.63, 3.8) is 0 Å². The fourth-order valence-corrected chi connectivity index (χ4v) is 5.21. The lowest BCUT2D eigenvalue weighted by Crippen LogP contribution is -2.41. The minimum absolute atomic E-state index is 0.141. The predicted octanol–water partition coefficient (Wildman–Crippen LogP) is 2.71. The Morgan fingerprint density at radius 3 is 2.20 bits per heavy atom. The molecule has 2 aliphatic rings. The van der Waals surface area contributed by atoms with E-state index in [4.69, 9.17) is 29.4 Å². The molecule has 0 unspecified atom stereocenters. The second-order valence-corrected chi connectivity index (χ2v) is 10.2. The van der Waals surface area contributed by atoms with Gasteiger partial charge in [-0.2, -0.15) is 0 Å².